The number of aromatic amines is 1. The van der Waals surface area contributed by atoms with Gasteiger partial charge < -0.3 is 9.88 Å². The van der Waals surface area contributed by atoms with Gasteiger partial charge in [-0.2, -0.15) is 0 Å². The van der Waals surface area contributed by atoms with Gasteiger partial charge in [0.1, 0.15) is 0 Å². The molecule has 3 aromatic rings. The number of ketones is 1. The predicted octanol–water partition coefficient (Wildman–Crippen LogP) is 4.10. The Morgan fingerprint density at radius 1 is 1.00 bits per heavy atom. The van der Waals surface area contributed by atoms with E-state index in [1.807, 2.05) is 38.4 Å². The Bertz CT molecular complexity index is 947. The summed E-state index contributed by atoms with van der Waals surface area (Å²) < 4.78 is 0. The topological polar surface area (TPSA) is 36.1 Å². The van der Waals surface area contributed by atoms with Crippen LogP contribution in [0.4, 0.5) is 5.69 Å². The zero-order valence-electron chi connectivity index (χ0n) is 13.9. The number of benzene rings is 2. The number of rotatable bonds is 1. The van der Waals surface area contributed by atoms with Gasteiger partial charge in [-0.15, -0.1) is 0 Å². The molecule has 1 aliphatic rings. The van der Waals surface area contributed by atoms with Crippen LogP contribution in [0.1, 0.15) is 41.0 Å². The van der Waals surface area contributed by atoms with Gasteiger partial charge in [0.15, 0.2) is 5.78 Å². The minimum Gasteiger partial charge on any atom is -0.377 e. The Balaban J connectivity index is 2.15. The van der Waals surface area contributed by atoms with Gasteiger partial charge in [0.25, 0.3) is 0 Å². The number of anilines is 1. The largest absolute Gasteiger partial charge is 0.377 e. The predicted molar refractivity (Wildman–Crippen MR) is 94.6 cm³/mol. The van der Waals surface area contributed by atoms with E-state index in [1.54, 1.807) is 0 Å². The molecule has 0 saturated carbocycles. The van der Waals surface area contributed by atoms with Crippen molar-refractivity contribution in [2.45, 2.75) is 19.3 Å². The van der Waals surface area contributed by atoms with Crippen LogP contribution in [-0.2, 0) is 5.41 Å². The van der Waals surface area contributed by atoms with E-state index in [1.165, 1.54) is 0 Å². The molecule has 1 N–H and O–H groups in total. The van der Waals surface area contributed by atoms with E-state index >= 15 is 0 Å². The molecule has 0 unspecified atom stereocenters. The summed E-state index contributed by atoms with van der Waals surface area (Å²) in [4.78, 5) is 18.8. The van der Waals surface area contributed by atoms with Crippen molar-refractivity contribution in [2.24, 2.45) is 0 Å². The number of fused-ring (bicyclic) bond motifs is 4. The van der Waals surface area contributed by atoms with Crippen molar-refractivity contribution < 1.29 is 4.79 Å². The Kier molecular flexibility index (Phi) is 2.74. The SMILES string of the molecule is CN(C)c1cccc2[nH]c3c(c12)C(=O)c1ccccc1C3(C)C. The summed E-state index contributed by atoms with van der Waals surface area (Å²) in [6.07, 6.45) is 0. The lowest BCUT2D eigenvalue weighted by atomic mass is 9.71. The zero-order valence-corrected chi connectivity index (χ0v) is 13.9. The minimum absolute atomic E-state index is 0.121. The molecule has 0 bridgehead atoms. The summed E-state index contributed by atoms with van der Waals surface area (Å²) >= 11 is 0. The Morgan fingerprint density at radius 3 is 2.48 bits per heavy atom. The lowest BCUT2D eigenvalue weighted by Gasteiger charge is -2.32. The van der Waals surface area contributed by atoms with Crippen LogP contribution in [-0.4, -0.2) is 24.9 Å². The molecule has 116 valence electrons. The summed E-state index contributed by atoms with van der Waals surface area (Å²) in [7, 11) is 4.03. The summed E-state index contributed by atoms with van der Waals surface area (Å²) in [5.74, 6) is 0.121. The quantitative estimate of drug-likeness (QED) is 0.734. The molecule has 0 atom stereocenters. The molecule has 0 saturated heterocycles. The summed E-state index contributed by atoms with van der Waals surface area (Å²) in [5, 5.41) is 1.03. The number of nitrogens with zero attached hydrogens (tertiary/aromatic N) is 1. The Morgan fingerprint density at radius 2 is 1.74 bits per heavy atom. The van der Waals surface area contributed by atoms with Crippen molar-refractivity contribution in [3.8, 4) is 0 Å². The highest BCUT2D eigenvalue weighted by atomic mass is 16.1. The first-order valence-corrected chi connectivity index (χ1v) is 7.89. The molecule has 3 heteroatoms. The fourth-order valence-corrected chi connectivity index (χ4v) is 3.79. The molecule has 0 aliphatic heterocycles. The number of H-pyrrole nitrogens is 1. The van der Waals surface area contributed by atoms with Crippen LogP contribution < -0.4 is 4.90 Å². The molecule has 0 radical (unpaired) electrons. The van der Waals surface area contributed by atoms with Crippen molar-refractivity contribution in [2.75, 3.05) is 19.0 Å². The first-order valence-electron chi connectivity index (χ1n) is 7.89. The fraction of sp³-hybridized carbons (Fsp3) is 0.250. The monoisotopic (exact) mass is 304 g/mol. The van der Waals surface area contributed by atoms with Crippen LogP contribution in [0, 0.1) is 0 Å². The Hall–Kier alpha value is -2.55. The van der Waals surface area contributed by atoms with Crippen LogP contribution in [0.2, 0.25) is 0 Å². The zero-order chi connectivity index (χ0) is 16.4. The van der Waals surface area contributed by atoms with E-state index in [4.69, 9.17) is 0 Å². The number of hydrogen-bond donors (Lipinski definition) is 1. The highest BCUT2D eigenvalue weighted by Crippen LogP contribution is 2.45. The summed E-state index contributed by atoms with van der Waals surface area (Å²) in [5.41, 5.74) is 5.63. The molecule has 3 nitrogen and oxygen atoms in total. The molecule has 2 aromatic carbocycles. The smallest absolute Gasteiger partial charge is 0.195 e. The molecule has 1 aromatic heterocycles. The Labute approximate surface area is 135 Å². The second-order valence-corrected chi connectivity index (χ2v) is 6.97. The number of nitrogens with one attached hydrogen (secondary N) is 1. The molecule has 0 fully saturated rings. The van der Waals surface area contributed by atoms with Gasteiger partial charge >= 0.3 is 0 Å². The van der Waals surface area contributed by atoms with Crippen LogP contribution in [0.5, 0.6) is 0 Å². The fourth-order valence-electron chi connectivity index (χ4n) is 3.79. The molecular formula is C20H20N2O. The van der Waals surface area contributed by atoms with Crippen LogP contribution in [0.3, 0.4) is 0 Å². The maximum Gasteiger partial charge on any atom is 0.195 e. The van der Waals surface area contributed by atoms with Crippen LogP contribution >= 0.6 is 0 Å². The van der Waals surface area contributed by atoms with Crippen LogP contribution in [0.25, 0.3) is 10.9 Å². The van der Waals surface area contributed by atoms with E-state index in [-0.39, 0.29) is 11.2 Å². The standard InChI is InChI=1S/C20H20N2O/c1-20(2)13-9-6-5-8-12(13)18(23)17-16-14(21-19(17)20)10-7-11-15(16)22(3)4/h5-11,21H,1-4H3. The maximum atomic E-state index is 13.2. The molecule has 1 aliphatic carbocycles. The van der Waals surface area contributed by atoms with E-state index in [0.29, 0.717) is 0 Å². The molecule has 0 amide bonds. The van der Waals surface area contributed by atoms with Crippen molar-refractivity contribution in [1.29, 1.82) is 0 Å². The molecule has 23 heavy (non-hydrogen) atoms. The highest BCUT2D eigenvalue weighted by molar-refractivity contribution is 6.22. The average molecular weight is 304 g/mol. The average Bonchev–Trinajstić information content (AvgIpc) is 2.93. The first kappa shape index (κ1) is 14.1. The van der Waals surface area contributed by atoms with E-state index < -0.39 is 0 Å². The van der Waals surface area contributed by atoms with Gasteiger partial charge in [0.05, 0.1) is 5.56 Å². The third-order valence-electron chi connectivity index (χ3n) is 4.98. The van der Waals surface area contributed by atoms with Gasteiger partial charge in [-0.05, 0) is 17.7 Å². The second kappa shape index (κ2) is 4.48. The molecule has 0 spiro atoms. The highest BCUT2D eigenvalue weighted by Gasteiger charge is 2.39. The maximum absolute atomic E-state index is 13.2. The molecule has 1 heterocycles. The van der Waals surface area contributed by atoms with E-state index in [9.17, 15) is 4.79 Å². The summed E-state index contributed by atoms with van der Waals surface area (Å²) in [6.45, 7) is 4.36. The third kappa shape index (κ3) is 1.73. The van der Waals surface area contributed by atoms with Gasteiger partial charge in [-0.1, -0.05) is 44.2 Å². The van der Waals surface area contributed by atoms with E-state index in [2.05, 4.69) is 41.9 Å². The minimum atomic E-state index is -0.220. The normalized spacial score (nSPS) is 15.4. The summed E-state index contributed by atoms with van der Waals surface area (Å²) in [6, 6.07) is 14.1. The van der Waals surface area contributed by atoms with Gasteiger partial charge in [0.2, 0.25) is 0 Å². The van der Waals surface area contributed by atoms with Crippen LogP contribution in [0.15, 0.2) is 42.5 Å². The number of carbonyl (C=O) groups excluding carboxylic acids is 1. The van der Waals surface area contributed by atoms with Gasteiger partial charge in [0, 0.05) is 47.4 Å². The van der Waals surface area contributed by atoms with Crippen molar-refractivity contribution in [3.63, 3.8) is 0 Å². The third-order valence-corrected chi connectivity index (χ3v) is 4.98. The lowest BCUT2D eigenvalue weighted by Crippen LogP contribution is -2.30. The molecule has 4 rings (SSSR count). The number of aromatic nitrogens is 1. The lowest BCUT2D eigenvalue weighted by molar-refractivity contribution is 0.103. The number of carbonyl (C=O) groups is 1. The first-order chi connectivity index (χ1) is 10.9. The van der Waals surface area contributed by atoms with Crippen molar-refractivity contribution in [3.05, 3.63) is 64.8 Å². The van der Waals surface area contributed by atoms with E-state index in [0.717, 1.165) is 39.0 Å². The van der Waals surface area contributed by atoms with Gasteiger partial charge in [-0.25, -0.2) is 0 Å². The molecular weight excluding hydrogens is 284 g/mol. The van der Waals surface area contributed by atoms with Gasteiger partial charge in [-0.3, -0.25) is 4.79 Å². The number of hydrogen-bond acceptors (Lipinski definition) is 2. The van der Waals surface area contributed by atoms with Crippen molar-refractivity contribution >= 4 is 22.4 Å². The van der Waals surface area contributed by atoms with Crippen molar-refractivity contribution in [1.82, 2.24) is 4.98 Å². The second-order valence-electron chi connectivity index (χ2n) is 6.97.